The van der Waals surface area contributed by atoms with Crippen molar-refractivity contribution in [2.45, 2.75) is 43.0 Å². The van der Waals surface area contributed by atoms with Gasteiger partial charge >= 0.3 is 47.9 Å². The second-order valence-corrected chi connectivity index (χ2v) is 6.46. The van der Waals surface area contributed by atoms with Crippen LogP contribution in [0.15, 0.2) is 36.0 Å². The zero-order valence-electron chi connectivity index (χ0n) is 16.4. The summed E-state index contributed by atoms with van der Waals surface area (Å²) in [5, 5.41) is 0.702. The molecule has 0 aliphatic heterocycles. The van der Waals surface area contributed by atoms with Crippen LogP contribution in [0.5, 0.6) is 0 Å². The summed E-state index contributed by atoms with van der Waals surface area (Å²) in [6.07, 6.45) is -14.0. The fraction of sp³-hybridized carbons (Fsp3) is 0.412. The lowest BCUT2D eigenvalue weighted by atomic mass is 10.1. The van der Waals surface area contributed by atoms with Gasteiger partial charge in [-0.05, 0) is 6.92 Å². The van der Waals surface area contributed by atoms with E-state index in [9.17, 15) is 71.1 Å². The van der Waals surface area contributed by atoms with Gasteiger partial charge in [0.15, 0.2) is 5.76 Å². The fourth-order valence-electron chi connectivity index (χ4n) is 2.03. The lowest BCUT2D eigenvalue weighted by Gasteiger charge is -2.28. The molecule has 0 radical (unpaired) electrons. The molecule has 0 atom stereocenters. The summed E-state index contributed by atoms with van der Waals surface area (Å²) < 4.78 is 184. The van der Waals surface area contributed by atoms with E-state index in [4.69, 9.17) is 0 Å². The Morgan fingerprint density at radius 1 is 0.686 bits per heavy atom. The fourth-order valence-corrected chi connectivity index (χ4v) is 2.03. The van der Waals surface area contributed by atoms with Crippen LogP contribution in [0.1, 0.15) is 12.5 Å². The maximum Gasteiger partial charge on any atom is 0.460 e. The SMILES string of the molecule is C/C(NC(=O)C(F)(F)C(F)(F)C(F)(F)F)=C(\OC(=O)C(F)(F)C(F)(F)C(F)(F)F)c1ccccc1. The molecule has 198 valence electrons. The van der Waals surface area contributed by atoms with E-state index in [-0.39, 0.29) is 6.92 Å². The van der Waals surface area contributed by atoms with Gasteiger partial charge in [0, 0.05) is 5.56 Å². The molecule has 0 aliphatic rings. The molecule has 0 aromatic heterocycles. The Labute approximate surface area is 184 Å². The van der Waals surface area contributed by atoms with E-state index >= 15 is 0 Å². The number of rotatable bonds is 7. The smallest absolute Gasteiger partial charge is 0.419 e. The standard InChI is InChI=1S/C17H9F14NO3/c1-7(32-10(33)12(18,19)14(22,23)16(26,27)28)9(8-5-3-2-4-6-8)35-11(34)13(20,21)15(24,25)17(29,30)31/h2-6H,1H3,(H,32,33)/b9-7+. The maximum atomic E-state index is 13.6. The van der Waals surface area contributed by atoms with Crippen LogP contribution in [0.3, 0.4) is 0 Å². The first kappa shape index (κ1) is 30.0. The molecule has 0 fully saturated rings. The molecule has 4 nitrogen and oxygen atoms in total. The summed E-state index contributed by atoms with van der Waals surface area (Å²) in [4.78, 5) is 22.9. The van der Waals surface area contributed by atoms with Gasteiger partial charge < -0.3 is 10.1 Å². The van der Waals surface area contributed by atoms with E-state index in [1.165, 1.54) is 0 Å². The lowest BCUT2D eigenvalue weighted by molar-refractivity contribution is -0.347. The molecular weight excluding hydrogens is 532 g/mol. The monoisotopic (exact) mass is 541 g/mol. The number of carbonyl (C=O) groups is 2. The van der Waals surface area contributed by atoms with Crippen molar-refractivity contribution in [3.8, 4) is 0 Å². The van der Waals surface area contributed by atoms with Gasteiger partial charge in [0.1, 0.15) is 0 Å². The van der Waals surface area contributed by atoms with Crippen LogP contribution < -0.4 is 5.32 Å². The topological polar surface area (TPSA) is 55.4 Å². The molecule has 0 unspecified atom stereocenters. The summed E-state index contributed by atoms with van der Waals surface area (Å²) in [5.74, 6) is -35.9. The van der Waals surface area contributed by atoms with Crippen LogP contribution in [0.4, 0.5) is 61.5 Å². The molecule has 0 bridgehead atoms. The first-order valence-electron chi connectivity index (χ1n) is 8.37. The van der Waals surface area contributed by atoms with Gasteiger partial charge in [0.2, 0.25) is 0 Å². The highest BCUT2D eigenvalue weighted by molar-refractivity contribution is 5.89. The van der Waals surface area contributed by atoms with Gasteiger partial charge in [-0.25, -0.2) is 4.79 Å². The van der Waals surface area contributed by atoms with Crippen molar-refractivity contribution in [3.63, 3.8) is 0 Å². The molecule has 0 spiro atoms. The number of alkyl halides is 14. The van der Waals surface area contributed by atoms with E-state index in [0.29, 0.717) is 5.32 Å². The normalized spacial score (nSPS) is 14.8. The predicted octanol–water partition coefficient (Wildman–Crippen LogP) is 5.70. The first-order valence-corrected chi connectivity index (χ1v) is 8.37. The molecule has 0 heterocycles. The van der Waals surface area contributed by atoms with Crippen molar-refractivity contribution < 1.29 is 75.8 Å². The molecule has 35 heavy (non-hydrogen) atoms. The Kier molecular flexibility index (Phi) is 7.85. The minimum absolute atomic E-state index is 0.287. The van der Waals surface area contributed by atoms with E-state index in [1.807, 2.05) is 0 Å². The van der Waals surface area contributed by atoms with Gasteiger partial charge in [-0.2, -0.15) is 61.5 Å². The number of esters is 1. The van der Waals surface area contributed by atoms with Crippen molar-refractivity contribution >= 4 is 17.6 Å². The number of hydrogen-bond acceptors (Lipinski definition) is 3. The van der Waals surface area contributed by atoms with E-state index in [2.05, 4.69) is 4.74 Å². The number of ether oxygens (including phenoxy) is 1. The number of halogens is 14. The summed E-state index contributed by atoms with van der Waals surface area (Å²) in [5.41, 5.74) is -2.28. The van der Waals surface area contributed by atoms with E-state index < -0.39 is 64.9 Å². The quantitative estimate of drug-likeness (QED) is 0.274. The molecule has 1 rings (SSSR count). The molecule has 1 amide bonds. The summed E-state index contributed by atoms with van der Waals surface area (Å²) in [7, 11) is 0. The lowest BCUT2D eigenvalue weighted by Crippen LogP contribution is -2.59. The van der Waals surface area contributed by atoms with Gasteiger partial charge in [0.05, 0.1) is 5.70 Å². The number of nitrogens with one attached hydrogen (secondary N) is 1. The van der Waals surface area contributed by atoms with Crippen LogP contribution in [0.2, 0.25) is 0 Å². The van der Waals surface area contributed by atoms with Gasteiger partial charge in [-0.15, -0.1) is 0 Å². The van der Waals surface area contributed by atoms with Crippen molar-refractivity contribution in [3.05, 3.63) is 41.6 Å². The number of allylic oxidation sites excluding steroid dienone is 1. The van der Waals surface area contributed by atoms with Gasteiger partial charge in [-0.3, -0.25) is 4.79 Å². The minimum Gasteiger partial charge on any atom is -0.419 e. The van der Waals surface area contributed by atoms with Crippen molar-refractivity contribution in [2.75, 3.05) is 0 Å². The third-order valence-corrected chi connectivity index (χ3v) is 3.91. The van der Waals surface area contributed by atoms with Crippen LogP contribution in [0, 0.1) is 0 Å². The Bertz CT molecular complexity index is 980. The molecule has 0 saturated carbocycles. The van der Waals surface area contributed by atoms with Gasteiger partial charge in [-0.1, -0.05) is 30.3 Å². The molecule has 1 aromatic rings. The third-order valence-electron chi connectivity index (χ3n) is 3.91. The second-order valence-electron chi connectivity index (χ2n) is 6.46. The van der Waals surface area contributed by atoms with Crippen LogP contribution in [-0.2, 0) is 14.3 Å². The maximum absolute atomic E-state index is 13.6. The number of carbonyl (C=O) groups excluding carboxylic acids is 2. The zero-order valence-corrected chi connectivity index (χ0v) is 16.4. The molecule has 18 heteroatoms. The summed E-state index contributed by atoms with van der Waals surface area (Å²) in [6.45, 7) is 0.287. The van der Waals surface area contributed by atoms with Crippen molar-refractivity contribution in [1.29, 1.82) is 0 Å². The highest BCUT2D eigenvalue weighted by atomic mass is 19.4. The highest BCUT2D eigenvalue weighted by Gasteiger charge is 2.78. The molecule has 1 aromatic carbocycles. The summed E-state index contributed by atoms with van der Waals surface area (Å²) in [6, 6.07) is 4.53. The average Bonchev–Trinajstić information content (AvgIpc) is 2.70. The Morgan fingerprint density at radius 2 is 1.09 bits per heavy atom. The van der Waals surface area contributed by atoms with Crippen LogP contribution >= 0.6 is 0 Å². The zero-order chi connectivity index (χ0) is 27.8. The minimum atomic E-state index is -7.03. The summed E-state index contributed by atoms with van der Waals surface area (Å²) >= 11 is 0. The number of amides is 1. The average molecular weight is 541 g/mol. The van der Waals surface area contributed by atoms with Crippen molar-refractivity contribution in [1.82, 2.24) is 5.32 Å². The van der Waals surface area contributed by atoms with Gasteiger partial charge in [0.25, 0.3) is 0 Å². The van der Waals surface area contributed by atoms with E-state index in [0.717, 1.165) is 30.3 Å². The van der Waals surface area contributed by atoms with Crippen LogP contribution in [0.25, 0.3) is 5.76 Å². The Balaban J connectivity index is 3.51. The first-order chi connectivity index (χ1) is 15.4. The molecule has 0 saturated heterocycles. The van der Waals surface area contributed by atoms with E-state index in [1.54, 1.807) is 0 Å². The Morgan fingerprint density at radius 3 is 1.49 bits per heavy atom. The van der Waals surface area contributed by atoms with Crippen molar-refractivity contribution in [2.24, 2.45) is 0 Å². The highest BCUT2D eigenvalue weighted by Crippen LogP contribution is 2.48. The number of benzene rings is 1. The third kappa shape index (κ3) is 5.44. The Hall–Kier alpha value is -3.08. The predicted molar refractivity (Wildman–Crippen MR) is 85.2 cm³/mol. The van der Waals surface area contributed by atoms with Crippen LogP contribution in [-0.4, -0.2) is 47.9 Å². The largest absolute Gasteiger partial charge is 0.460 e. The molecule has 0 aliphatic carbocycles. The molecular formula is C17H9F14NO3. The second kappa shape index (κ2) is 9.18. The number of hydrogen-bond donors (Lipinski definition) is 1. The molecule has 1 N–H and O–H groups in total.